The topological polar surface area (TPSA) is 14.2 Å². The predicted molar refractivity (Wildman–Crippen MR) is 66.5 cm³/mol. The molecule has 76 valence electrons. The third-order valence-electron chi connectivity index (χ3n) is 2.89. The molecule has 16 heavy (non-hydrogen) atoms. The Hall–Kier alpha value is -1.43. The average Bonchev–Trinajstić information content (AvgIpc) is 2.61. The minimum Gasteiger partial charge on any atom is -0.580 e. The largest absolute Gasteiger partial charge is 0.580 e. The molecule has 0 bridgehead atoms. The van der Waals surface area contributed by atoms with E-state index in [1.807, 2.05) is 10.8 Å². The van der Waals surface area contributed by atoms with Crippen LogP contribution in [0.4, 0.5) is 0 Å². The number of nitrogens with zero attached hydrogens (tertiary/aromatic N) is 1. The van der Waals surface area contributed by atoms with E-state index in [1.165, 1.54) is 16.3 Å². The third kappa shape index (κ3) is 1.26. The summed E-state index contributed by atoms with van der Waals surface area (Å²) in [6.45, 7) is 2.09. The highest BCUT2D eigenvalue weighted by molar-refractivity contribution is 6.09. The molecule has 3 rings (SSSR count). The lowest BCUT2D eigenvalue weighted by Crippen LogP contribution is -2.06. The molecule has 0 unspecified atom stereocenters. The smallest absolute Gasteiger partial charge is 0.524 e. The molecule has 2 aromatic carbocycles. The quantitative estimate of drug-likeness (QED) is 0.578. The van der Waals surface area contributed by atoms with Crippen LogP contribution in [0.15, 0.2) is 42.5 Å². The van der Waals surface area contributed by atoms with Crippen molar-refractivity contribution in [3.63, 3.8) is 0 Å². The van der Waals surface area contributed by atoms with Crippen LogP contribution in [-0.2, 0) is 0 Å². The minimum absolute atomic E-state index is 1.10. The van der Waals surface area contributed by atoms with Crippen molar-refractivity contribution >= 4 is 38.4 Å². The van der Waals surface area contributed by atoms with Crippen molar-refractivity contribution in [3.8, 4) is 0 Å². The van der Waals surface area contributed by atoms with Gasteiger partial charge in [-0.15, -0.1) is 0 Å². The molecule has 0 saturated heterocycles. The first kappa shape index (κ1) is 9.77. The molecule has 0 saturated carbocycles. The zero-order valence-corrected chi connectivity index (χ0v) is 10.1. The van der Waals surface area contributed by atoms with Crippen LogP contribution in [-0.4, -0.2) is 21.4 Å². The number of hydrogen-bond acceptors (Lipinski definition) is 1. The molecule has 0 spiro atoms. The normalized spacial score (nSPS) is 11.1. The first-order valence-corrected chi connectivity index (χ1v) is 5.65. The highest BCUT2D eigenvalue weighted by Gasteiger charge is 2.08. The van der Waals surface area contributed by atoms with Crippen molar-refractivity contribution in [1.82, 2.24) is 4.73 Å². The van der Waals surface area contributed by atoms with Crippen molar-refractivity contribution in [1.29, 1.82) is 0 Å². The summed E-state index contributed by atoms with van der Waals surface area (Å²) in [5.41, 5.74) is 3.44. The Morgan fingerprint density at radius 1 is 1.00 bits per heavy atom. The second-order valence-electron chi connectivity index (χ2n) is 3.94. The standard InChI is InChI=1S/C13H10NO.Al/c1-9-6-7-11-10-4-2-3-5-12(10)14(15)13(11)8-9;/h2-8H,1H3;/q-1;+1. The van der Waals surface area contributed by atoms with Crippen LogP contribution in [0.2, 0.25) is 0 Å². The van der Waals surface area contributed by atoms with E-state index in [0.717, 1.165) is 11.0 Å². The molecule has 2 nitrogen and oxygen atoms in total. The summed E-state index contributed by atoms with van der Waals surface area (Å²) >= 11 is 2.31. The molecule has 1 aromatic heterocycles. The van der Waals surface area contributed by atoms with Crippen LogP contribution in [0, 0.1) is 6.92 Å². The number of benzene rings is 2. The molecule has 1 heterocycles. The summed E-state index contributed by atoms with van der Waals surface area (Å²) in [6, 6.07) is 14.7. The van der Waals surface area contributed by atoms with Gasteiger partial charge in [0, 0.05) is 10.8 Å². The number of rotatable bonds is 1. The first-order chi connectivity index (χ1) is 7.81. The van der Waals surface area contributed by atoms with Crippen molar-refractivity contribution in [2.45, 2.75) is 6.92 Å². The van der Waals surface area contributed by atoms with E-state index >= 15 is 0 Å². The fraction of sp³-hybridized carbons (Fsp3) is 0.0769. The zero-order chi connectivity index (χ0) is 11.1. The molecular weight excluding hydrogens is 213 g/mol. The van der Waals surface area contributed by atoms with Gasteiger partial charge in [-0.3, -0.25) is 0 Å². The molecule has 0 amide bonds. The van der Waals surface area contributed by atoms with Gasteiger partial charge >= 0.3 is 16.6 Å². The number of aryl methyl sites for hydroxylation is 1. The van der Waals surface area contributed by atoms with Gasteiger partial charge in [0.1, 0.15) is 0 Å². The minimum atomic E-state index is 1.10. The summed E-state index contributed by atoms with van der Waals surface area (Å²) in [4.78, 5) is 0. The lowest BCUT2D eigenvalue weighted by atomic mass is 10.1. The Morgan fingerprint density at radius 2 is 1.75 bits per heavy atom. The van der Waals surface area contributed by atoms with E-state index < -0.39 is 0 Å². The molecule has 0 fully saturated rings. The molecule has 0 aliphatic heterocycles. The first-order valence-electron chi connectivity index (χ1n) is 5.18. The molecule has 3 aromatic rings. The molecule has 0 N–H and O–H groups in total. The van der Waals surface area contributed by atoms with Gasteiger partial charge < -0.3 is 3.89 Å². The second kappa shape index (κ2) is 3.55. The van der Waals surface area contributed by atoms with Crippen LogP contribution in [0.1, 0.15) is 5.56 Å². The lowest BCUT2D eigenvalue weighted by Gasteiger charge is -2.07. The van der Waals surface area contributed by atoms with Gasteiger partial charge in [-0.05, 0) is 24.6 Å². The lowest BCUT2D eigenvalue weighted by molar-refractivity contribution is 0.332. The maximum absolute atomic E-state index is 5.37. The van der Waals surface area contributed by atoms with Gasteiger partial charge in [-0.1, -0.05) is 30.3 Å². The van der Waals surface area contributed by atoms with Crippen LogP contribution in [0.5, 0.6) is 0 Å². The van der Waals surface area contributed by atoms with Gasteiger partial charge in [0.15, 0.2) is 0 Å². The van der Waals surface area contributed by atoms with Crippen LogP contribution >= 0.6 is 0 Å². The van der Waals surface area contributed by atoms with Gasteiger partial charge in [0.2, 0.25) is 0 Å². The molecule has 0 atom stereocenters. The van der Waals surface area contributed by atoms with Crippen molar-refractivity contribution < 1.29 is 3.89 Å². The summed E-state index contributed by atoms with van der Waals surface area (Å²) in [5, 5.41) is 2.45. The SMILES string of the molecule is Cc1ccc2c3ccccc3n([O][Al])c2c1. The Kier molecular flexibility index (Phi) is 2.17. The zero-order valence-electron chi connectivity index (χ0n) is 8.97. The molecule has 3 heteroatoms. The monoisotopic (exact) mass is 223 g/mol. The highest BCUT2D eigenvalue weighted by Crippen LogP contribution is 2.28. The fourth-order valence-electron chi connectivity index (χ4n) is 2.16. The van der Waals surface area contributed by atoms with E-state index in [0.29, 0.717) is 0 Å². The Labute approximate surface area is 102 Å². The van der Waals surface area contributed by atoms with E-state index in [4.69, 9.17) is 3.89 Å². The van der Waals surface area contributed by atoms with Crippen LogP contribution in [0.3, 0.4) is 0 Å². The van der Waals surface area contributed by atoms with Crippen molar-refractivity contribution in [2.24, 2.45) is 0 Å². The van der Waals surface area contributed by atoms with Crippen LogP contribution < -0.4 is 3.89 Å². The number of fused-ring (bicyclic) bond motifs is 3. The summed E-state index contributed by atoms with van der Waals surface area (Å²) in [7, 11) is 0. The van der Waals surface area contributed by atoms with Gasteiger partial charge in [0.05, 0.1) is 11.0 Å². The van der Waals surface area contributed by atoms with E-state index in [2.05, 4.69) is 59.9 Å². The van der Waals surface area contributed by atoms with E-state index in [-0.39, 0.29) is 0 Å². The molecular formula is C13H10AlNO. The number of hydrogen-bond donors (Lipinski definition) is 0. The van der Waals surface area contributed by atoms with Crippen molar-refractivity contribution in [2.75, 3.05) is 0 Å². The van der Waals surface area contributed by atoms with E-state index in [9.17, 15) is 0 Å². The van der Waals surface area contributed by atoms with Gasteiger partial charge in [0.25, 0.3) is 0 Å². The number of para-hydroxylation sites is 1. The summed E-state index contributed by atoms with van der Waals surface area (Å²) in [5.74, 6) is 0. The maximum atomic E-state index is 5.37. The highest BCUT2D eigenvalue weighted by atomic mass is 27.1. The Bertz CT molecular complexity index is 672. The Morgan fingerprint density at radius 3 is 2.56 bits per heavy atom. The van der Waals surface area contributed by atoms with Gasteiger partial charge in [-0.2, -0.15) is 0 Å². The molecule has 0 aliphatic carbocycles. The third-order valence-corrected chi connectivity index (χ3v) is 3.10. The van der Waals surface area contributed by atoms with Crippen LogP contribution in [0.25, 0.3) is 21.8 Å². The predicted octanol–water partition coefficient (Wildman–Crippen LogP) is 2.62. The Balaban J connectivity index is 2.58. The summed E-state index contributed by atoms with van der Waals surface area (Å²) in [6.07, 6.45) is 0. The molecule has 0 aliphatic rings. The molecule has 2 radical (unpaired) electrons. The summed E-state index contributed by atoms with van der Waals surface area (Å²) < 4.78 is 7.22. The number of aromatic nitrogens is 1. The second-order valence-corrected chi connectivity index (χ2v) is 4.15. The van der Waals surface area contributed by atoms with Crippen molar-refractivity contribution in [3.05, 3.63) is 48.0 Å². The average molecular weight is 223 g/mol. The maximum Gasteiger partial charge on any atom is 0.524 e. The van der Waals surface area contributed by atoms with Gasteiger partial charge in [-0.25, -0.2) is 4.73 Å². The fourth-order valence-corrected chi connectivity index (χ4v) is 2.39. The van der Waals surface area contributed by atoms with E-state index in [1.54, 1.807) is 0 Å².